The zero-order valence-corrected chi connectivity index (χ0v) is 12.5. The van der Waals surface area contributed by atoms with Gasteiger partial charge in [-0.05, 0) is 54.9 Å². The van der Waals surface area contributed by atoms with Gasteiger partial charge in [-0.3, -0.25) is 4.98 Å². The van der Waals surface area contributed by atoms with Crippen molar-refractivity contribution >= 4 is 23.3 Å². The van der Waals surface area contributed by atoms with E-state index in [1.54, 1.807) is 0 Å². The Morgan fingerprint density at radius 3 is 2.95 bits per heavy atom. The van der Waals surface area contributed by atoms with Gasteiger partial charge in [-0.25, -0.2) is 0 Å². The quantitative estimate of drug-likeness (QED) is 0.737. The molecule has 0 saturated heterocycles. The van der Waals surface area contributed by atoms with Crippen LogP contribution in [0.1, 0.15) is 23.7 Å². The van der Waals surface area contributed by atoms with Gasteiger partial charge >= 0.3 is 0 Å². The lowest BCUT2D eigenvalue weighted by Crippen LogP contribution is -2.05. The van der Waals surface area contributed by atoms with Gasteiger partial charge in [0.1, 0.15) is 0 Å². The fraction of sp³-hybridized carbons (Fsp3) is 0.250. The molecule has 2 aromatic heterocycles. The summed E-state index contributed by atoms with van der Waals surface area (Å²) in [7, 11) is 0. The number of imidazole rings is 1. The lowest BCUT2D eigenvalue weighted by Gasteiger charge is -2.08. The highest BCUT2D eigenvalue weighted by Crippen LogP contribution is 2.18. The maximum Gasteiger partial charge on any atom is 0.178 e. The zero-order chi connectivity index (χ0) is 14.1. The molecule has 3 nitrogen and oxygen atoms in total. The van der Waals surface area contributed by atoms with Crippen LogP contribution in [0.15, 0.2) is 36.5 Å². The Labute approximate surface area is 123 Å². The molecule has 0 atom stereocenters. The number of nitrogens with zero attached hydrogens (tertiary/aromatic N) is 2. The Hall–Kier alpha value is -1.94. The number of hydrogen-bond donors (Lipinski definition) is 1. The molecule has 102 valence electrons. The van der Waals surface area contributed by atoms with Crippen LogP contribution in [0.25, 0.3) is 11.0 Å². The van der Waals surface area contributed by atoms with Crippen LogP contribution in [0.4, 0.5) is 0 Å². The summed E-state index contributed by atoms with van der Waals surface area (Å²) >= 11 is 5.45. The van der Waals surface area contributed by atoms with Crippen molar-refractivity contribution in [2.45, 2.75) is 26.8 Å². The molecule has 2 heterocycles. The molecule has 0 fully saturated rings. The van der Waals surface area contributed by atoms with E-state index in [0.29, 0.717) is 6.54 Å². The van der Waals surface area contributed by atoms with Gasteiger partial charge in [0, 0.05) is 6.20 Å². The molecule has 0 bridgehead atoms. The summed E-state index contributed by atoms with van der Waals surface area (Å²) in [5.74, 6) is 0. The first-order valence-electron chi connectivity index (χ1n) is 6.81. The highest BCUT2D eigenvalue weighted by molar-refractivity contribution is 7.71. The SMILES string of the molecule is CCc1cccnc1Cn1c(=S)[nH]c2cc(C)ccc21. The van der Waals surface area contributed by atoms with E-state index in [4.69, 9.17) is 12.2 Å². The maximum atomic E-state index is 5.45. The van der Waals surface area contributed by atoms with Crippen LogP contribution in [-0.2, 0) is 13.0 Å². The second-order valence-corrected chi connectivity index (χ2v) is 5.39. The number of nitrogens with one attached hydrogen (secondary N) is 1. The summed E-state index contributed by atoms with van der Waals surface area (Å²) in [6.07, 6.45) is 2.83. The summed E-state index contributed by atoms with van der Waals surface area (Å²) in [6.45, 7) is 4.95. The first-order valence-corrected chi connectivity index (χ1v) is 7.22. The molecule has 0 aliphatic rings. The minimum Gasteiger partial charge on any atom is -0.331 e. The number of H-pyrrole nitrogens is 1. The van der Waals surface area contributed by atoms with E-state index in [0.717, 1.165) is 27.9 Å². The summed E-state index contributed by atoms with van der Waals surface area (Å²) in [5.41, 5.74) is 5.81. The van der Waals surface area contributed by atoms with Crippen LogP contribution in [0, 0.1) is 11.7 Å². The maximum absolute atomic E-state index is 5.45. The Kier molecular flexibility index (Phi) is 3.40. The van der Waals surface area contributed by atoms with Gasteiger partial charge in [0.25, 0.3) is 0 Å². The second-order valence-electron chi connectivity index (χ2n) is 5.00. The molecule has 0 aliphatic carbocycles. The topological polar surface area (TPSA) is 33.6 Å². The highest BCUT2D eigenvalue weighted by atomic mass is 32.1. The van der Waals surface area contributed by atoms with E-state index in [1.165, 1.54) is 11.1 Å². The summed E-state index contributed by atoms with van der Waals surface area (Å²) in [6, 6.07) is 10.5. The van der Waals surface area contributed by atoms with Gasteiger partial charge in [-0.1, -0.05) is 19.1 Å². The number of aromatic amines is 1. The number of benzene rings is 1. The fourth-order valence-corrected chi connectivity index (χ4v) is 2.79. The minimum absolute atomic E-state index is 0.714. The van der Waals surface area contributed by atoms with E-state index < -0.39 is 0 Å². The highest BCUT2D eigenvalue weighted by Gasteiger charge is 2.08. The van der Waals surface area contributed by atoms with Crippen molar-refractivity contribution in [2.24, 2.45) is 0 Å². The largest absolute Gasteiger partial charge is 0.331 e. The standard InChI is InChI=1S/C16H17N3S/c1-3-12-5-4-8-17-14(12)10-19-15-7-6-11(2)9-13(15)18-16(19)20/h4-9H,3,10H2,1-2H3,(H,18,20). The van der Waals surface area contributed by atoms with Gasteiger partial charge < -0.3 is 9.55 Å². The molecule has 1 N–H and O–H groups in total. The molecule has 0 amide bonds. The number of rotatable bonds is 3. The van der Waals surface area contributed by atoms with Crippen molar-refractivity contribution < 1.29 is 0 Å². The van der Waals surface area contributed by atoms with E-state index in [-0.39, 0.29) is 0 Å². The second kappa shape index (κ2) is 5.21. The molecule has 3 rings (SSSR count). The first kappa shape index (κ1) is 13.1. The molecule has 0 unspecified atom stereocenters. The molecule has 0 aliphatic heterocycles. The number of aryl methyl sites for hydroxylation is 2. The first-order chi connectivity index (χ1) is 9.69. The van der Waals surface area contributed by atoms with Crippen LogP contribution in [0.2, 0.25) is 0 Å². The summed E-state index contributed by atoms with van der Waals surface area (Å²) in [4.78, 5) is 7.78. The minimum atomic E-state index is 0.714. The molecule has 20 heavy (non-hydrogen) atoms. The van der Waals surface area contributed by atoms with Gasteiger partial charge in [0.15, 0.2) is 4.77 Å². The van der Waals surface area contributed by atoms with E-state index in [9.17, 15) is 0 Å². The van der Waals surface area contributed by atoms with E-state index in [1.807, 2.05) is 12.3 Å². The molecule has 0 spiro atoms. The van der Waals surface area contributed by atoms with Crippen LogP contribution >= 0.6 is 12.2 Å². The van der Waals surface area contributed by atoms with E-state index in [2.05, 4.69) is 52.6 Å². The lowest BCUT2D eigenvalue weighted by atomic mass is 10.1. The monoisotopic (exact) mass is 283 g/mol. The van der Waals surface area contributed by atoms with Crippen LogP contribution in [0.5, 0.6) is 0 Å². The number of pyridine rings is 1. The Morgan fingerprint density at radius 2 is 2.15 bits per heavy atom. The van der Waals surface area contributed by atoms with Gasteiger partial charge in [0.05, 0.1) is 23.3 Å². The average Bonchev–Trinajstić information content (AvgIpc) is 2.75. The normalized spacial score (nSPS) is 11.1. The smallest absolute Gasteiger partial charge is 0.178 e. The molecule has 0 saturated carbocycles. The molecule has 0 radical (unpaired) electrons. The summed E-state index contributed by atoms with van der Waals surface area (Å²) < 4.78 is 2.87. The van der Waals surface area contributed by atoms with Crippen LogP contribution in [-0.4, -0.2) is 14.5 Å². The van der Waals surface area contributed by atoms with Crippen LogP contribution in [0.3, 0.4) is 0 Å². The average molecular weight is 283 g/mol. The molecule has 4 heteroatoms. The Morgan fingerprint density at radius 1 is 1.30 bits per heavy atom. The van der Waals surface area contributed by atoms with E-state index >= 15 is 0 Å². The third kappa shape index (κ3) is 2.27. The third-order valence-corrected chi connectivity index (χ3v) is 3.93. The van der Waals surface area contributed by atoms with Crippen molar-refractivity contribution in [3.05, 3.63) is 58.1 Å². The predicted octanol–water partition coefficient (Wildman–Crippen LogP) is 4.01. The van der Waals surface area contributed by atoms with Crippen molar-refractivity contribution in [3.8, 4) is 0 Å². The van der Waals surface area contributed by atoms with Crippen molar-refractivity contribution in [2.75, 3.05) is 0 Å². The molecule has 1 aromatic carbocycles. The van der Waals surface area contributed by atoms with Gasteiger partial charge in [-0.2, -0.15) is 0 Å². The number of hydrogen-bond acceptors (Lipinski definition) is 2. The number of fused-ring (bicyclic) bond motifs is 1. The third-order valence-electron chi connectivity index (χ3n) is 3.60. The zero-order valence-electron chi connectivity index (χ0n) is 11.7. The van der Waals surface area contributed by atoms with Gasteiger partial charge in [0.2, 0.25) is 0 Å². The van der Waals surface area contributed by atoms with Gasteiger partial charge in [-0.15, -0.1) is 0 Å². The summed E-state index contributed by atoms with van der Waals surface area (Å²) in [5, 5.41) is 0. The fourth-order valence-electron chi connectivity index (χ4n) is 2.52. The van der Waals surface area contributed by atoms with Crippen molar-refractivity contribution in [1.29, 1.82) is 0 Å². The molecule has 3 aromatic rings. The lowest BCUT2D eigenvalue weighted by molar-refractivity contribution is 0.771. The molecular formula is C16H17N3S. The predicted molar refractivity (Wildman–Crippen MR) is 84.6 cm³/mol. The van der Waals surface area contributed by atoms with Crippen LogP contribution < -0.4 is 0 Å². The van der Waals surface area contributed by atoms with Crippen molar-refractivity contribution in [1.82, 2.24) is 14.5 Å². The number of aromatic nitrogens is 3. The van der Waals surface area contributed by atoms with Crippen molar-refractivity contribution in [3.63, 3.8) is 0 Å². The molecular weight excluding hydrogens is 266 g/mol. The Bertz CT molecular complexity index is 814. The Balaban J connectivity index is 2.11.